The van der Waals surface area contributed by atoms with E-state index in [2.05, 4.69) is 10.3 Å². The fourth-order valence-corrected chi connectivity index (χ4v) is 2.69. The minimum absolute atomic E-state index is 0.0787. The molecule has 23 heavy (non-hydrogen) atoms. The van der Waals surface area contributed by atoms with Crippen LogP contribution in [0, 0.1) is 5.41 Å². The normalized spacial score (nSPS) is 11.3. The zero-order valence-corrected chi connectivity index (χ0v) is 14.4. The Labute approximate surface area is 143 Å². The lowest BCUT2D eigenvalue weighted by atomic mass is 9.94. The number of benzene rings is 1. The number of halogens is 1. The maximum atomic E-state index is 11.9. The molecule has 0 atom stereocenters. The molecule has 0 radical (unpaired) electrons. The summed E-state index contributed by atoms with van der Waals surface area (Å²) in [6.07, 6.45) is 0.125. The molecule has 122 valence electrons. The van der Waals surface area contributed by atoms with Crippen molar-refractivity contribution in [2.45, 2.75) is 20.3 Å². The molecule has 0 unspecified atom stereocenters. The Balaban J connectivity index is 1.95. The molecule has 1 aromatic heterocycles. The molecule has 0 spiro atoms. The first-order valence-electron chi connectivity index (χ1n) is 6.98. The van der Waals surface area contributed by atoms with E-state index in [0.717, 1.165) is 10.6 Å². The number of amides is 1. The molecule has 1 heterocycles. The lowest BCUT2D eigenvalue weighted by Crippen LogP contribution is -2.39. The second-order valence-electron chi connectivity index (χ2n) is 5.79. The topological polar surface area (TPSA) is 79.3 Å². The van der Waals surface area contributed by atoms with Crippen LogP contribution in [0.1, 0.15) is 19.5 Å². The van der Waals surface area contributed by atoms with Gasteiger partial charge < -0.3 is 10.4 Å². The third-order valence-electron chi connectivity index (χ3n) is 3.29. The van der Waals surface area contributed by atoms with Crippen LogP contribution in [0.15, 0.2) is 29.6 Å². The molecule has 0 aliphatic heterocycles. The summed E-state index contributed by atoms with van der Waals surface area (Å²) in [5, 5.41) is 15.0. The van der Waals surface area contributed by atoms with Gasteiger partial charge in [-0.2, -0.15) is 0 Å². The van der Waals surface area contributed by atoms with Gasteiger partial charge in [0.15, 0.2) is 0 Å². The molecule has 0 saturated heterocycles. The Kier molecular flexibility index (Phi) is 5.38. The number of carboxylic acid groups (broad SMARTS) is 1. The molecule has 2 rings (SSSR count). The van der Waals surface area contributed by atoms with Gasteiger partial charge in [-0.25, -0.2) is 4.98 Å². The van der Waals surface area contributed by atoms with Crippen LogP contribution in [0.25, 0.3) is 10.6 Å². The number of carbonyl (C=O) groups is 2. The summed E-state index contributed by atoms with van der Waals surface area (Å²) in [6.45, 7) is 3.21. The summed E-state index contributed by atoms with van der Waals surface area (Å²) in [5.41, 5.74) is 0.607. The quantitative estimate of drug-likeness (QED) is 0.836. The lowest BCUT2D eigenvalue weighted by Gasteiger charge is -2.19. The van der Waals surface area contributed by atoms with Crippen LogP contribution in [0.2, 0.25) is 5.02 Å². The second-order valence-corrected chi connectivity index (χ2v) is 7.09. The van der Waals surface area contributed by atoms with E-state index in [-0.39, 0.29) is 18.9 Å². The minimum atomic E-state index is -0.994. The first kappa shape index (κ1) is 17.4. The number of thiazole rings is 1. The van der Waals surface area contributed by atoms with Crippen LogP contribution in [0.3, 0.4) is 0 Å². The van der Waals surface area contributed by atoms with Crippen molar-refractivity contribution in [1.29, 1.82) is 0 Å². The van der Waals surface area contributed by atoms with Gasteiger partial charge in [0.05, 0.1) is 17.5 Å². The standard InChI is InChI=1S/C16H17ClN2O3S/c1-16(2,15(21)22)9-18-13(20)7-12-8-23-14(19-12)10-3-5-11(17)6-4-10/h3-6,8H,7,9H2,1-2H3,(H,18,20)(H,21,22). The Morgan fingerprint density at radius 3 is 2.57 bits per heavy atom. The number of rotatable bonds is 6. The van der Waals surface area contributed by atoms with E-state index in [9.17, 15) is 9.59 Å². The average molecular weight is 353 g/mol. The highest BCUT2D eigenvalue weighted by molar-refractivity contribution is 7.13. The average Bonchev–Trinajstić information content (AvgIpc) is 2.94. The molecule has 0 fully saturated rings. The fraction of sp³-hybridized carbons (Fsp3) is 0.312. The van der Waals surface area contributed by atoms with E-state index < -0.39 is 11.4 Å². The number of carbonyl (C=O) groups excluding carboxylic acids is 1. The first-order valence-corrected chi connectivity index (χ1v) is 8.24. The molecular formula is C16H17ClN2O3S. The summed E-state index contributed by atoms with van der Waals surface area (Å²) in [4.78, 5) is 27.3. The molecule has 1 amide bonds. The summed E-state index contributed by atoms with van der Waals surface area (Å²) in [6, 6.07) is 7.33. The minimum Gasteiger partial charge on any atom is -0.481 e. The number of hydrogen-bond acceptors (Lipinski definition) is 4. The highest BCUT2D eigenvalue weighted by atomic mass is 35.5. The Morgan fingerprint density at radius 1 is 1.30 bits per heavy atom. The molecule has 0 aliphatic rings. The predicted molar refractivity (Wildman–Crippen MR) is 90.7 cm³/mol. The number of hydrogen-bond donors (Lipinski definition) is 2. The van der Waals surface area contributed by atoms with Crippen LogP contribution in [0.4, 0.5) is 0 Å². The van der Waals surface area contributed by atoms with Gasteiger partial charge >= 0.3 is 5.97 Å². The first-order chi connectivity index (χ1) is 10.8. The maximum Gasteiger partial charge on any atom is 0.310 e. The van der Waals surface area contributed by atoms with Crippen LogP contribution >= 0.6 is 22.9 Å². The van der Waals surface area contributed by atoms with Gasteiger partial charge in [-0.15, -0.1) is 11.3 Å². The Morgan fingerprint density at radius 2 is 1.96 bits per heavy atom. The molecule has 0 saturated carbocycles. The van der Waals surface area contributed by atoms with Gasteiger partial charge in [0.25, 0.3) is 0 Å². The van der Waals surface area contributed by atoms with Crippen LogP contribution in [0.5, 0.6) is 0 Å². The highest BCUT2D eigenvalue weighted by Crippen LogP contribution is 2.25. The number of aliphatic carboxylic acids is 1. The van der Waals surface area contributed by atoms with Crippen molar-refractivity contribution in [1.82, 2.24) is 10.3 Å². The molecular weight excluding hydrogens is 336 g/mol. The lowest BCUT2D eigenvalue weighted by molar-refractivity contribution is -0.146. The molecule has 1 aromatic carbocycles. The van der Waals surface area contributed by atoms with Crippen molar-refractivity contribution < 1.29 is 14.7 Å². The Bertz CT molecular complexity index is 710. The van der Waals surface area contributed by atoms with Crippen molar-refractivity contribution >= 4 is 34.8 Å². The van der Waals surface area contributed by atoms with Crippen molar-refractivity contribution in [3.63, 3.8) is 0 Å². The second kappa shape index (κ2) is 7.10. The van der Waals surface area contributed by atoms with E-state index in [0.29, 0.717) is 10.7 Å². The summed E-state index contributed by atoms with van der Waals surface area (Å²) in [7, 11) is 0. The number of carboxylic acids is 1. The summed E-state index contributed by atoms with van der Waals surface area (Å²) < 4.78 is 0. The van der Waals surface area contributed by atoms with Gasteiger partial charge in [0.2, 0.25) is 5.91 Å². The third-order valence-corrected chi connectivity index (χ3v) is 4.48. The predicted octanol–water partition coefficient (Wildman–Crippen LogP) is 3.23. The van der Waals surface area contributed by atoms with Gasteiger partial charge in [-0.05, 0) is 26.0 Å². The van der Waals surface area contributed by atoms with Crippen molar-refractivity contribution in [3.8, 4) is 10.6 Å². The molecule has 0 aliphatic carbocycles. The number of nitrogens with one attached hydrogen (secondary N) is 1. The van der Waals surface area contributed by atoms with Gasteiger partial charge in [0.1, 0.15) is 5.01 Å². The number of nitrogens with zero attached hydrogens (tertiary/aromatic N) is 1. The SMILES string of the molecule is CC(C)(CNC(=O)Cc1csc(-c2ccc(Cl)cc2)n1)C(=O)O. The smallest absolute Gasteiger partial charge is 0.310 e. The maximum absolute atomic E-state index is 11.9. The summed E-state index contributed by atoms with van der Waals surface area (Å²) >= 11 is 7.31. The molecule has 7 heteroatoms. The monoisotopic (exact) mass is 352 g/mol. The van der Waals surface area contributed by atoms with E-state index in [4.69, 9.17) is 16.7 Å². The molecule has 2 N–H and O–H groups in total. The molecule has 2 aromatic rings. The van der Waals surface area contributed by atoms with E-state index in [1.54, 1.807) is 26.0 Å². The number of aromatic nitrogens is 1. The van der Waals surface area contributed by atoms with Crippen LogP contribution in [-0.2, 0) is 16.0 Å². The largest absolute Gasteiger partial charge is 0.481 e. The van der Waals surface area contributed by atoms with Gasteiger partial charge in [-0.3, -0.25) is 9.59 Å². The van der Waals surface area contributed by atoms with Crippen molar-refractivity contribution in [2.24, 2.45) is 5.41 Å². The van der Waals surface area contributed by atoms with E-state index in [1.807, 2.05) is 17.5 Å². The Hall–Kier alpha value is -1.92. The van der Waals surface area contributed by atoms with Crippen molar-refractivity contribution in [3.05, 3.63) is 40.4 Å². The van der Waals surface area contributed by atoms with E-state index >= 15 is 0 Å². The zero-order valence-electron chi connectivity index (χ0n) is 12.8. The van der Waals surface area contributed by atoms with E-state index in [1.165, 1.54) is 11.3 Å². The van der Waals surface area contributed by atoms with Crippen LogP contribution in [-0.4, -0.2) is 28.5 Å². The highest BCUT2D eigenvalue weighted by Gasteiger charge is 2.27. The van der Waals surface area contributed by atoms with Crippen LogP contribution < -0.4 is 5.32 Å². The van der Waals surface area contributed by atoms with Gasteiger partial charge in [-0.1, -0.05) is 23.7 Å². The molecule has 0 bridgehead atoms. The molecule has 5 nitrogen and oxygen atoms in total. The van der Waals surface area contributed by atoms with Gasteiger partial charge in [0, 0.05) is 22.5 Å². The fourth-order valence-electron chi connectivity index (χ4n) is 1.74. The third kappa shape index (κ3) is 4.77. The summed E-state index contributed by atoms with van der Waals surface area (Å²) in [5.74, 6) is -1.19. The van der Waals surface area contributed by atoms with Crippen molar-refractivity contribution in [2.75, 3.05) is 6.54 Å². The zero-order chi connectivity index (χ0) is 17.0.